The molecule has 0 aliphatic heterocycles. The minimum atomic E-state index is -0.902. The number of pyridine rings is 1. The van der Waals surface area contributed by atoms with E-state index in [9.17, 15) is 5.11 Å². The van der Waals surface area contributed by atoms with Gasteiger partial charge in [-0.1, -0.05) is 53.5 Å². The van der Waals surface area contributed by atoms with Crippen LogP contribution < -0.4 is 0 Å². The lowest BCUT2D eigenvalue weighted by Crippen LogP contribution is -2.06. The zero-order valence-corrected chi connectivity index (χ0v) is 16.1. The number of hydrogen-bond donors (Lipinski definition) is 1. The smallest absolute Gasteiger partial charge is 0.178 e. The lowest BCUT2D eigenvalue weighted by molar-refractivity contribution is 0.220. The van der Waals surface area contributed by atoms with Crippen molar-refractivity contribution in [2.75, 3.05) is 0 Å². The summed E-state index contributed by atoms with van der Waals surface area (Å²) in [4.78, 5) is 13.5. The fourth-order valence-electron chi connectivity index (χ4n) is 2.87. The van der Waals surface area contributed by atoms with E-state index in [1.54, 1.807) is 48.8 Å². The molecule has 28 heavy (non-hydrogen) atoms. The highest BCUT2D eigenvalue weighted by Gasteiger charge is 2.19. The van der Waals surface area contributed by atoms with Crippen LogP contribution in [0.3, 0.4) is 0 Å². The monoisotopic (exact) mass is 407 g/mol. The summed E-state index contributed by atoms with van der Waals surface area (Å²) >= 11 is 12.0. The summed E-state index contributed by atoms with van der Waals surface area (Å²) in [7, 11) is 0. The molecule has 4 rings (SSSR count). The number of aliphatic hydroxyl groups excluding tert-OH is 1. The highest BCUT2D eigenvalue weighted by atomic mass is 35.5. The van der Waals surface area contributed by atoms with Gasteiger partial charge in [0.25, 0.3) is 0 Å². The van der Waals surface area contributed by atoms with Crippen molar-refractivity contribution in [1.29, 1.82) is 0 Å². The van der Waals surface area contributed by atoms with Crippen molar-refractivity contribution in [3.63, 3.8) is 0 Å². The van der Waals surface area contributed by atoms with E-state index in [1.165, 1.54) is 0 Å². The van der Waals surface area contributed by atoms with Gasteiger partial charge in [-0.2, -0.15) is 0 Å². The number of rotatable bonds is 4. The molecular weight excluding hydrogens is 393 g/mol. The standard InChI is InChI=1S/C22H15Cl2N3O/c23-16-8-4-14(5-9-16)20-18(21(28)15-6-10-17(24)11-7-15)13-26-22(27-20)19-3-1-2-12-25-19/h1-13,21,28H/t21-/m0/s1. The maximum atomic E-state index is 11.0. The highest BCUT2D eigenvalue weighted by molar-refractivity contribution is 6.30. The van der Waals surface area contributed by atoms with Crippen molar-refractivity contribution < 1.29 is 5.11 Å². The van der Waals surface area contributed by atoms with Gasteiger partial charge >= 0.3 is 0 Å². The Morgan fingerprint density at radius 3 is 2.11 bits per heavy atom. The van der Waals surface area contributed by atoms with Crippen LogP contribution in [0.1, 0.15) is 17.2 Å². The van der Waals surface area contributed by atoms with E-state index in [-0.39, 0.29) is 0 Å². The van der Waals surface area contributed by atoms with E-state index in [2.05, 4.69) is 9.97 Å². The number of hydrogen-bond acceptors (Lipinski definition) is 4. The molecule has 0 radical (unpaired) electrons. The van der Waals surface area contributed by atoms with Crippen LogP contribution in [0.5, 0.6) is 0 Å². The summed E-state index contributed by atoms with van der Waals surface area (Å²) in [6, 6.07) is 19.9. The van der Waals surface area contributed by atoms with E-state index < -0.39 is 6.10 Å². The molecule has 138 valence electrons. The lowest BCUT2D eigenvalue weighted by atomic mass is 9.98. The Labute approximate surface area is 172 Å². The summed E-state index contributed by atoms with van der Waals surface area (Å²) in [5.41, 5.74) is 3.39. The van der Waals surface area contributed by atoms with E-state index >= 15 is 0 Å². The Bertz CT molecular complexity index is 1090. The van der Waals surface area contributed by atoms with Gasteiger partial charge in [-0.25, -0.2) is 9.97 Å². The summed E-state index contributed by atoms with van der Waals surface area (Å²) in [5.74, 6) is 0.484. The summed E-state index contributed by atoms with van der Waals surface area (Å²) < 4.78 is 0. The number of nitrogens with zero attached hydrogens (tertiary/aromatic N) is 3. The molecule has 2 aromatic carbocycles. The van der Waals surface area contributed by atoms with Crippen LogP contribution >= 0.6 is 23.2 Å². The van der Waals surface area contributed by atoms with Gasteiger partial charge in [0.15, 0.2) is 5.82 Å². The van der Waals surface area contributed by atoms with Crippen LogP contribution in [0, 0.1) is 0 Å². The van der Waals surface area contributed by atoms with Crippen LogP contribution in [0.2, 0.25) is 10.0 Å². The van der Waals surface area contributed by atoms with Gasteiger partial charge in [-0.3, -0.25) is 4.98 Å². The number of halogens is 2. The molecule has 0 fully saturated rings. The third kappa shape index (κ3) is 3.90. The van der Waals surface area contributed by atoms with Gasteiger partial charge < -0.3 is 5.11 Å². The van der Waals surface area contributed by atoms with Crippen molar-refractivity contribution in [3.8, 4) is 22.8 Å². The largest absolute Gasteiger partial charge is 0.384 e. The van der Waals surface area contributed by atoms with Gasteiger partial charge in [0, 0.05) is 33.6 Å². The molecule has 1 atom stereocenters. The Morgan fingerprint density at radius 2 is 1.46 bits per heavy atom. The van der Waals surface area contributed by atoms with Gasteiger partial charge in [-0.15, -0.1) is 0 Å². The molecule has 0 aliphatic carbocycles. The third-order valence-electron chi connectivity index (χ3n) is 4.31. The first kappa shape index (κ1) is 18.6. The summed E-state index contributed by atoms with van der Waals surface area (Å²) in [6.07, 6.45) is 2.43. The van der Waals surface area contributed by atoms with E-state index in [1.807, 2.05) is 30.3 Å². The maximum absolute atomic E-state index is 11.0. The molecule has 2 aromatic heterocycles. The molecule has 6 heteroatoms. The van der Waals surface area contributed by atoms with Gasteiger partial charge in [0.1, 0.15) is 11.8 Å². The Morgan fingerprint density at radius 1 is 0.786 bits per heavy atom. The van der Waals surface area contributed by atoms with E-state index in [0.717, 1.165) is 5.56 Å². The fraction of sp³-hybridized carbons (Fsp3) is 0.0455. The maximum Gasteiger partial charge on any atom is 0.178 e. The first-order valence-corrected chi connectivity index (χ1v) is 9.35. The second kappa shape index (κ2) is 8.07. The van der Waals surface area contributed by atoms with Crippen LogP contribution in [0.4, 0.5) is 0 Å². The SMILES string of the molecule is O[C@@H](c1ccc(Cl)cc1)c1cnc(-c2ccccn2)nc1-c1ccc(Cl)cc1. The molecule has 0 aliphatic rings. The average molecular weight is 408 g/mol. The summed E-state index contributed by atoms with van der Waals surface area (Å²) in [6.45, 7) is 0. The Balaban J connectivity index is 1.85. The number of benzene rings is 2. The minimum absolute atomic E-state index is 0.484. The molecule has 4 aromatic rings. The average Bonchev–Trinajstić information content (AvgIpc) is 2.74. The molecule has 4 nitrogen and oxygen atoms in total. The van der Waals surface area contributed by atoms with Crippen LogP contribution in [-0.2, 0) is 0 Å². The second-order valence-electron chi connectivity index (χ2n) is 6.17. The zero-order chi connectivity index (χ0) is 19.5. The molecule has 0 bridgehead atoms. The van der Waals surface area contributed by atoms with Crippen molar-refractivity contribution in [2.24, 2.45) is 0 Å². The first-order valence-electron chi connectivity index (χ1n) is 8.59. The summed E-state index contributed by atoms with van der Waals surface area (Å²) in [5, 5.41) is 12.2. The van der Waals surface area contributed by atoms with E-state index in [0.29, 0.717) is 38.4 Å². The number of aromatic nitrogens is 3. The quantitative estimate of drug-likeness (QED) is 0.478. The Kier molecular flexibility index (Phi) is 5.35. The van der Waals surface area contributed by atoms with Gasteiger partial charge in [-0.05, 0) is 42.0 Å². The second-order valence-corrected chi connectivity index (χ2v) is 7.05. The molecule has 2 heterocycles. The zero-order valence-electron chi connectivity index (χ0n) is 14.6. The molecular formula is C22H15Cl2N3O. The molecule has 0 amide bonds. The van der Waals surface area contributed by atoms with Gasteiger partial charge in [0.05, 0.1) is 5.69 Å². The van der Waals surface area contributed by atoms with Crippen molar-refractivity contribution in [3.05, 3.63) is 100 Å². The van der Waals surface area contributed by atoms with Crippen molar-refractivity contribution in [1.82, 2.24) is 15.0 Å². The number of aliphatic hydroxyl groups is 1. The minimum Gasteiger partial charge on any atom is -0.384 e. The normalized spacial score (nSPS) is 12.0. The predicted octanol–water partition coefficient (Wildman–Crippen LogP) is 5.59. The molecule has 0 unspecified atom stereocenters. The lowest BCUT2D eigenvalue weighted by Gasteiger charge is -2.16. The van der Waals surface area contributed by atoms with Crippen LogP contribution in [0.15, 0.2) is 79.1 Å². The molecule has 1 N–H and O–H groups in total. The third-order valence-corrected chi connectivity index (χ3v) is 4.81. The van der Waals surface area contributed by atoms with E-state index in [4.69, 9.17) is 28.2 Å². The highest BCUT2D eigenvalue weighted by Crippen LogP contribution is 2.32. The Hall–Kier alpha value is -2.79. The topological polar surface area (TPSA) is 58.9 Å². The van der Waals surface area contributed by atoms with Crippen LogP contribution in [-0.4, -0.2) is 20.1 Å². The molecule has 0 spiro atoms. The van der Waals surface area contributed by atoms with Gasteiger partial charge in [0.2, 0.25) is 0 Å². The van der Waals surface area contributed by atoms with Crippen molar-refractivity contribution in [2.45, 2.75) is 6.10 Å². The fourth-order valence-corrected chi connectivity index (χ4v) is 3.13. The first-order chi connectivity index (χ1) is 13.6. The predicted molar refractivity (Wildman–Crippen MR) is 111 cm³/mol. The van der Waals surface area contributed by atoms with Crippen LogP contribution in [0.25, 0.3) is 22.8 Å². The molecule has 0 saturated carbocycles. The molecule has 0 saturated heterocycles. The van der Waals surface area contributed by atoms with Crippen molar-refractivity contribution >= 4 is 23.2 Å².